The summed E-state index contributed by atoms with van der Waals surface area (Å²) in [5, 5.41) is 0. The molecule has 53 heavy (non-hydrogen) atoms. The first-order chi connectivity index (χ1) is 26.0. The van der Waals surface area contributed by atoms with Crippen LogP contribution in [0.1, 0.15) is 25.0 Å². The molecule has 0 fully saturated rings. The van der Waals surface area contributed by atoms with Crippen LogP contribution in [0.2, 0.25) is 0 Å². The lowest BCUT2D eigenvalue weighted by molar-refractivity contribution is 0.359. The molecule has 5 heteroatoms. The maximum absolute atomic E-state index is 6.58. The SMILES string of the molecule is CC1(C)c2ccccc2-c2cc3c(cc21)Oc1cc(-c2cccc(-c4nc(-c5ccccc5)nc(-c5ccc(-c6ccccc6)cc5)n4)c2)ccc1O3. The second-order valence-electron chi connectivity index (χ2n) is 14.1. The lowest BCUT2D eigenvalue weighted by Crippen LogP contribution is -2.15. The van der Waals surface area contributed by atoms with Crippen LogP contribution in [0.3, 0.4) is 0 Å². The third-order valence-electron chi connectivity index (χ3n) is 10.4. The lowest BCUT2D eigenvalue weighted by atomic mass is 9.82. The van der Waals surface area contributed by atoms with E-state index in [2.05, 4.69) is 117 Å². The van der Waals surface area contributed by atoms with Crippen molar-refractivity contribution in [3.63, 3.8) is 0 Å². The molecule has 8 aromatic rings. The first-order valence-electron chi connectivity index (χ1n) is 17.8. The van der Waals surface area contributed by atoms with Crippen molar-refractivity contribution in [2.24, 2.45) is 0 Å². The minimum absolute atomic E-state index is 0.131. The summed E-state index contributed by atoms with van der Waals surface area (Å²) in [4.78, 5) is 14.9. The van der Waals surface area contributed by atoms with Crippen molar-refractivity contribution in [3.05, 3.63) is 175 Å². The summed E-state index contributed by atoms with van der Waals surface area (Å²) in [6.45, 7) is 4.54. The van der Waals surface area contributed by atoms with Gasteiger partial charge in [-0.3, -0.25) is 0 Å². The van der Waals surface area contributed by atoms with Crippen molar-refractivity contribution in [3.8, 4) is 90.5 Å². The zero-order valence-electron chi connectivity index (χ0n) is 29.2. The fourth-order valence-corrected chi connectivity index (χ4v) is 7.59. The molecular weight excluding hydrogens is 651 g/mol. The van der Waals surface area contributed by atoms with Crippen LogP contribution in [-0.4, -0.2) is 15.0 Å². The van der Waals surface area contributed by atoms with E-state index in [9.17, 15) is 0 Å². The summed E-state index contributed by atoms with van der Waals surface area (Å²) in [5.41, 5.74) is 11.9. The van der Waals surface area contributed by atoms with Gasteiger partial charge in [0, 0.05) is 22.1 Å². The maximum atomic E-state index is 6.58. The molecule has 1 aliphatic carbocycles. The van der Waals surface area contributed by atoms with Gasteiger partial charge in [0.2, 0.25) is 0 Å². The third-order valence-corrected chi connectivity index (χ3v) is 10.4. The number of benzene rings is 7. The number of aromatic nitrogens is 3. The van der Waals surface area contributed by atoms with Gasteiger partial charge in [0.05, 0.1) is 0 Å². The van der Waals surface area contributed by atoms with Gasteiger partial charge in [-0.15, -0.1) is 0 Å². The standard InChI is InChI=1S/C48H33N3O2/c1-48(2)39-19-10-9-18-37(39)38-28-43-44(29-40(38)48)53-42-27-35(24-25-41(42)52-43)34-16-11-17-36(26-34)47-50-45(32-14-7-4-8-15-32)49-46(51-47)33-22-20-31(21-23-33)30-12-5-3-6-13-30/h3-29H,1-2H3. The molecule has 252 valence electrons. The van der Waals surface area contributed by atoms with Gasteiger partial charge in [-0.25, -0.2) is 15.0 Å². The summed E-state index contributed by atoms with van der Waals surface area (Å²) >= 11 is 0. The van der Waals surface area contributed by atoms with E-state index in [1.54, 1.807) is 0 Å². The van der Waals surface area contributed by atoms with Crippen molar-refractivity contribution in [1.29, 1.82) is 0 Å². The molecule has 0 saturated heterocycles. The molecule has 0 spiro atoms. The predicted molar refractivity (Wildman–Crippen MR) is 211 cm³/mol. The Hall–Kier alpha value is -6.85. The fraction of sp³-hybridized carbons (Fsp3) is 0.0625. The first kappa shape index (κ1) is 30.9. The zero-order valence-corrected chi connectivity index (χ0v) is 29.2. The second kappa shape index (κ2) is 12.1. The van der Waals surface area contributed by atoms with E-state index in [0.717, 1.165) is 44.9 Å². The van der Waals surface area contributed by atoms with Crippen molar-refractivity contribution in [2.75, 3.05) is 0 Å². The van der Waals surface area contributed by atoms with E-state index in [1.807, 2.05) is 60.7 Å². The average molecular weight is 684 g/mol. The number of ether oxygens (including phenoxy) is 2. The van der Waals surface area contributed by atoms with E-state index in [-0.39, 0.29) is 5.41 Å². The molecule has 0 amide bonds. The van der Waals surface area contributed by atoms with Crippen LogP contribution in [0.25, 0.3) is 67.5 Å². The van der Waals surface area contributed by atoms with E-state index in [0.29, 0.717) is 29.0 Å². The molecule has 0 radical (unpaired) electrons. The van der Waals surface area contributed by atoms with Gasteiger partial charge in [0.15, 0.2) is 40.5 Å². The zero-order chi connectivity index (χ0) is 35.5. The van der Waals surface area contributed by atoms with Crippen molar-refractivity contribution >= 4 is 0 Å². The van der Waals surface area contributed by atoms with Crippen LogP contribution in [0.4, 0.5) is 0 Å². The number of fused-ring (bicyclic) bond motifs is 5. The molecule has 0 unspecified atom stereocenters. The van der Waals surface area contributed by atoms with Crippen molar-refractivity contribution in [2.45, 2.75) is 19.3 Å². The van der Waals surface area contributed by atoms with Crippen LogP contribution in [0.15, 0.2) is 164 Å². The molecular formula is C48H33N3O2. The van der Waals surface area contributed by atoms with Gasteiger partial charge in [-0.2, -0.15) is 0 Å². The van der Waals surface area contributed by atoms with Crippen LogP contribution in [0, 0.1) is 0 Å². The summed E-state index contributed by atoms with van der Waals surface area (Å²) < 4.78 is 13.0. The number of nitrogens with zero attached hydrogens (tertiary/aromatic N) is 3. The molecule has 1 aromatic heterocycles. The van der Waals surface area contributed by atoms with Crippen LogP contribution in [-0.2, 0) is 5.41 Å². The van der Waals surface area contributed by atoms with Crippen LogP contribution >= 0.6 is 0 Å². The molecule has 0 bridgehead atoms. The lowest BCUT2D eigenvalue weighted by Gasteiger charge is -2.25. The van der Waals surface area contributed by atoms with Crippen molar-refractivity contribution < 1.29 is 9.47 Å². The topological polar surface area (TPSA) is 57.1 Å². The number of rotatable bonds is 5. The van der Waals surface area contributed by atoms with Crippen LogP contribution in [0.5, 0.6) is 23.0 Å². The molecule has 7 aromatic carbocycles. The predicted octanol–water partition coefficient (Wildman–Crippen LogP) is 12.4. The summed E-state index contributed by atoms with van der Waals surface area (Å²) in [7, 11) is 0. The molecule has 1 aliphatic heterocycles. The maximum Gasteiger partial charge on any atom is 0.170 e. The molecule has 0 saturated carbocycles. The highest BCUT2D eigenvalue weighted by atomic mass is 16.6. The second-order valence-corrected chi connectivity index (χ2v) is 14.1. The highest BCUT2D eigenvalue weighted by molar-refractivity contribution is 5.84. The number of hydrogen-bond donors (Lipinski definition) is 0. The molecule has 0 N–H and O–H groups in total. The number of hydrogen-bond acceptors (Lipinski definition) is 5. The van der Waals surface area contributed by atoms with E-state index in [1.165, 1.54) is 27.8 Å². The fourth-order valence-electron chi connectivity index (χ4n) is 7.59. The van der Waals surface area contributed by atoms with E-state index in [4.69, 9.17) is 24.4 Å². The smallest absolute Gasteiger partial charge is 0.170 e. The van der Waals surface area contributed by atoms with Gasteiger partial charge in [0.25, 0.3) is 0 Å². The Morgan fingerprint density at radius 3 is 1.58 bits per heavy atom. The van der Waals surface area contributed by atoms with Crippen molar-refractivity contribution in [1.82, 2.24) is 15.0 Å². The largest absolute Gasteiger partial charge is 0.449 e. The van der Waals surface area contributed by atoms with Gasteiger partial charge in [-0.05, 0) is 74.8 Å². The molecule has 10 rings (SSSR count). The average Bonchev–Trinajstić information content (AvgIpc) is 3.44. The quantitative estimate of drug-likeness (QED) is 0.181. The monoisotopic (exact) mass is 683 g/mol. The molecule has 2 heterocycles. The summed E-state index contributed by atoms with van der Waals surface area (Å²) in [6.07, 6.45) is 0. The summed E-state index contributed by atoms with van der Waals surface area (Å²) in [5.74, 6) is 4.68. The normalized spacial score (nSPS) is 13.2. The Morgan fingerprint density at radius 2 is 0.830 bits per heavy atom. The first-order valence-corrected chi connectivity index (χ1v) is 17.8. The Morgan fingerprint density at radius 1 is 0.340 bits per heavy atom. The molecule has 2 aliphatic rings. The van der Waals surface area contributed by atoms with Gasteiger partial charge in [0.1, 0.15) is 0 Å². The molecule has 5 nitrogen and oxygen atoms in total. The Kier molecular flexibility index (Phi) is 7.08. The summed E-state index contributed by atoms with van der Waals surface area (Å²) in [6, 6.07) is 56.1. The van der Waals surface area contributed by atoms with E-state index < -0.39 is 0 Å². The highest BCUT2D eigenvalue weighted by Crippen LogP contribution is 2.55. The van der Waals surface area contributed by atoms with Gasteiger partial charge in [-0.1, -0.05) is 147 Å². The van der Waals surface area contributed by atoms with Gasteiger partial charge >= 0.3 is 0 Å². The Balaban J connectivity index is 0.996. The van der Waals surface area contributed by atoms with E-state index >= 15 is 0 Å². The minimum atomic E-state index is -0.131. The molecule has 0 atom stereocenters. The van der Waals surface area contributed by atoms with Crippen LogP contribution < -0.4 is 9.47 Å². The Bertz CT molecular complexity index is 2690. The third kappa shape index (κ3) is 5.37. The van der Waals surface area contributed by atoms with Gasteiger partial charge < -0.3 is 9.47 Å². The highest BCUT2D eigenvalue weighted by Gasteiger charge is 2.37. The Labute approximate surface area is 308 Å². The minimum Gasteiger partial charge on any atom is -0.449 e.